The number of hydrogen-bond donors (Lipinski definition) is 2. The van der Waals surface area contributed by atoms with Gasteiger partial charge < -0.3 is 15.2 Å². The average molecular weight is 209 g/mol. The van der Waals surface area contributed by atoms with Crippen molar-refractivity contribution in [1.82, 2.24) is 0 Å². The number of rotatable bonds is 5. The monoisotopic (exact) mass is 209 g/mol. The molecule has 1 unspecified atom stereocenters. The molecule has 0 aromatic heterocycles. The van der Waals surface area contributed by atoms with Gasteiger partial charge in [-0.25, -0.2) is 0 Å². The molecule has 0 aliphatic carbocycles. The number of carboxylic acid groups (broad SMARTS) is 1. The lowest BCUT2D eigenvalue weighted by Crippen LogP contribution is -2.17. The maximum absolute atomic E-state index is 10.5. The van der Waals surface area contributed by atoms with Crippen LogP contribution in [-0.2, 0) is 4.79 Å². The minimum absolute atomic E-state index is 0.189. The van der Waals surface area contributed by atoms with Gasteiger partial charge in [-0.3, -0.25) is 4.79 Å². The molecule has 4 heteroatoms. The quantitative estimate of drug-likeness (QED) is 0.776. The Bertz CT molecular complexity index is 321. The molecule has 1 rings (SSSR count). The van der Waals surface area contributed by atoms with Gasteiger partial charge in [0.15, 0.2) is 0 Å². The van der Waals surface area contributed by atoms with Crippen LogP contribution in [0.25, 0.3) is 0 Å². The predicted octanol–water partition coefficient (Wildman–Crippen LogP) is 1.83. The van der Waals surface area contributed by atoms with Crippen molar-refractivity contribution in [3.05, 3.63) is 24.3 Å². The highest BCUT2D eigenvalue weighted by Gasteiger charge is 2.11. The Hall–Kier alpha value is -1.71. The summed E-state index contributed by atoms with van der Waals surface area (Å²) in [6.07, 6.45) is 0. The summed E-state index contributed by atoms with van der Waals surface area (Å²) < 4.78 is 5.32. The molecular weight excluding hydrogens is 194 g/mol. The first-order valence-electron chi connectivity index (χ1n) is 4.77. The zero-order chi connectivity index (χ0) is 11.3. The third-order valence-corrected chi connectivity index (χ3v) is 2.06. The zero-order valence-electron chi connectivity index (χ0n) is 8.86. The second kappa shape index (κ2) is 5.24. The standard InChI is InChI=1S/C11H15NO3/c1-8(11(13)14)7-15-10-5-3-9(12-2)4-6-10/h3-6,8,12H,7H2,1-2H3,(H,13,14). The topological polar surface area (TPSA) is 58.6 Å². The van der Waals surface area contributed by atoms with Crippen LogP contribution in [0.2, 0.25) is 0 Å². The van der Waals surface area contributed by atoms with E-state index >= 15 is 0 Å². The van der Waals surface area contributed by atoms with Crippen LogP contribution in [-0.4, -0.2) is 24.7 Å². The SMILES string of the molecule is CNc1ccc(OCC(C)C(=O)O)cc1. The largest absolute Gasteiger partial charge is 0.493 e. The molecule has 82 valence electrons. The number of carboxylic acids is 1. The van der Waals surface area contributed by atoms with Gasteiger partial charge in [0.2, 0.25) is 0 Å². The molecule has 0 bridgehead atoms. The Kier molecular flexibility index (Phi) is 3.97. The average Bonchev–Trinajstić information content (AvgIpc) is 2.26. The highest BCUT2D eigenvalue weighted by atomic mass is 16.5. The molecule has 15 heavy (non-hydrogen) atoms. The van der Waals surface area contributed by atoms with E-state index in [2.05, 4.69) is 5.32 Å². The van der Waals surface area contributed by atoms with Crippen LogP contribution >= 0.6 is 0 Å². The van der Waals surface area contributed by atoms with Crippen LogP contribution in [0.1, 0.15) is 6.92 Å². The molecular formula is C11H15NO3. The minimum atomic E-state index is -0.846. The van der Waals surface area contributed by atoms with E-state index in [0.29, 0.717) is 5.75 Å². The summed E-state index contributed by atoms with van der Waals surface area (Å²) in [4.78, 5) is 10.5. The summed E-state index contributed by atoms with van der Waals surface area (Å²) in [7, 11) is 1.84. The van der Waals surface area contributed by atoms with Crippen molar-refractivity contribution in [2.24, 2.45) is 5.92 Å². The van der Waals surface area contributed by atoms with E-state index in [1.54, 1.807) is 19.1 Å². The fourth-order valence-electron chi connectivity index (χ4n) is 1.01. The van der Waals surface area contributed by atoms with Crippen LogP contribution in [0, 0.1) is 5.92 Å². The maximum atomic E-state index is 10.5. The molecule has 2 N–H and O–H groups in total. The molecule has 4 nitrogen and oxygen atoms in total. The minimum Gasteiger partial charge on any atom is -0.493 e. The van der Waals surface area contributed by atoms with Crippen LogP contribution in [0.5, 0.6) is 5.75 Å². The highest BCUT2D eigenvalue weighted by Crippen LogP contribution is 2.15. The van der Waals surface area contributed by atoms with Gasteiger partial charge >= 0.3 is 5.97 Å². The van der Waals surface area contributed by atoms with E-state index in [9.17, 15) is 4.79 Å². The number of anilines is 1. The molecule has 0 spiro atoms. The molecule has 0 aliphatic heterocycles. The smallest absolute Gasteiger partial charge is 0.309 e. The second-order valence-electron chi connectivity index (χ2n) is 3.32. The summed E-state index contributed by atoms with van der Waals surface area (Å²) in [6.45, 7) is 1.80. The number of nitrogens with one attached hydrogen (secondary N) is 1. The first-order valence-corrected chi connectivity index (χ1v) is 4.77. The lowest BCUT2D eigenvalue weighted by atomic mass is 10.2. The molecule has 0 radical (unpaired) electrons. The lowest BCUT2D eigenvalue weighted by Gasteiger charge is -2.09. The van der Waals surface area contributed by atoms with Crippen molar-refractivity contribution in [3.63, 3.8) is 0 Å². The Balaban J connectivity index is 2.47. The van der Waals surface area contributed by atoms with Gasteiger partial charge in [-0.2, -0.15) is 0 Å². The van der Waals surface area contributed by atoms with Gasteiger partial charge in [0.25, 0.3) is 0 Å². The van der Waals surface area contributed by atoms with E-state index in [1.165, 1.54) is 0 Å². The summed E-state index contributed by atoms with van der Waals surface area (Å²) in [5, 5.41) is 11.6. The van der Waals surface area contributed by atoms with Crippen molar-refractivity contribution >= 4 is 11.7 Å². The van der Waals surface area contributed by atoms with E-state index in [1.807, 2.05) is 19.2 Å². The van der Waals surface area contributed by atoms with Crippen molar-refractivity contribution < 1.29 is 14.6 Å². The van der Waals surface area contributed by atoms with Gasteiger partial charge in [0.05, 0.1) is 5.92 Å². The van der Waals surface area contributed by atoms with E-state index < -0.39 is 11.9 Å². The van der Waals surface area contributed by atoms with E-state index in [4.69, 9.17) is 9.84 Å². The van der Waals surface area contributed by atoms with E-state index in [-0.39, 0.29) is 6.61 Å². The normalized spacial score (nSPS) is 11.9. The molecule has 0 amide bonds. The first-order chi connectivity index (χ1) is 7.13. The maximum Gasteiger partial charge on any atom is 0.309 e. The van der Waals surface area contributed by atoms with Gasteiger partial charge in [-0.15, -0.1) is 0 Å². The molecule has 1 atom stereocenters. The third kappa shape index (κ3) is 3.50. The molecule has 1 aromatic carbocycles. The van der Waals surface area contributed by atoms with Crippen molar-refractivity contribution in [3.8, 4) is 5.75 Å². The van der Waals surface area contributed by atoms with Gasteiger partial charge in [0.1, 0.15) is 12.4 Å². The number of carbonyl (C=O) groups is 1. The number of benzene rings is 1. The van der Waals surface area contributed by atoms with Crippen molar-refractivity contribution in [2.75, 3.05) is 19.0 Å². The molecule has 0 aliphatic rings. The molecule has 0 heterocycles. The van der Waals surface area contributed by atoms with Crippen LogP contribution in [0.4, 0.5) is 5.69 Å². The summed E-state index contributed by atoms with van der Waals surface area (Å²) in [5.74, 6) is -0.655. The number of ether oxygens (including phenoxy) is 1. The van der Waals surface area contributed by atoms with Gasteiger partial charge in [0, 0.05) is 12.7 Å². The second-order valence-corrected chi connectivity index (χ2v) is 3.32. The molecule has 0 saturated carbocycles. The fraction of sp³-hybridized carbons (Fsp3) is 0.364. The van der Waals surface area contributed by atoms with Crippen LogP contribution in [0.15, 0.2) is 24.3 Å². The molecule has 0 saturated heterocycles. The molecule has 0 fully saturated rings. The zero-order valence-corrected chi connectivity index (χ0v) is 8.86. The Morgan fingerprint density at radius 3 is 2.53 bits per heavy atom. The Morgan fingerprint density at radius 2 is 2.07 bits per heavy atom. The lowest BCUT2D eigenvalue weighted by molar-refractivity contribution is -0.142. The van der Waals surface area contributed by atoms with Crippen LogP contribution < -0.4 is 10.1 Å². The Labute approximate surface area is 88.9 Å². The van der Waals surface area contributed by atoms with Crippen molar-refractivity contribution in [2.45, 2.75) is 6.92 Å². The Morgan fingerprint density at radius 1 is 1.47 bits per heavy atom. The first kappa shape index (κ1) is 11.4. The summed E-state index contributed by atoms with van der Waals surface area (Å²) >= 11 is 0. The number of hydrogen-bond acceptors (Lipinski definition) is 3. The van der Waals surface area contributed by atoms with Crippen LogP contribution in [0.3, 0.4) is 0 Å². The van der Waals surface area contributed by atoms with E-state index in [0.717, 1.165) is 5.69 Å². The molecule has 1 aromatic rings. The predicted molar refractivity (Wildman–Crippen MR) is 58.3 cm³/mol. The fourth-order valence-corrected chi connectivity index (χ4v) is 1.01. The van der Waals surface area contributed by atoms with Crippen molar-refractivity contribution in [1.29, 1.82) is 0 Å². The third-order valence-electron chi connectivity index (χ3n) is 2.06. The van der Waals surface area contributed by atoms with Gasteiger partial charge in [-0.05, 0) is 31.2 Å². The summed E-state index contributed by atoms with van der Waals surface area (Å²) in [5.41, 5.74) is 0.994. The summed E-state index contributed by atoms with van der Waals surface area (Å²) in [6, 6.07) is 7.36. The highest BCUT2D eigenvalue weighted by molar-refractivity contribution is 5.69. The number of aliphatic carboxylic acids is 1. The van der Waals surface area contributed by atoms with Gasteiger partial charge in [-0.1, -0.05) is 0 Å².